The Bertz CT molecular complexity index is 366. The molecule has 0 heterocycles. The second kappa shape index (κ2) is 15.4. The van der Waals surface area contributed by atoms with Gasteiger partial charge in [0, 0.05) is 17.8 Å². The van der Waals surface area contributed by atoms with E-state index in [0.29, 0.717) is 25.7 Å². The number of hydrogen-bond acceptors (Lipinski definition) is 4. The Balaban J connectivity index is 4.00. The molecular formula is C18H31NO4. The molecule has 0 aliphatic rings. The molecule has 2 atom stereocenters. The van der Waals surface area contributed by atoms with E-state index >= 15 is 0 Å². The minimum atomic E-state index is -0.962. The summed E-state index contributed by atoms with van der Waals surface area (Å²) in [6, 6.07) is -0.962. The zero-order valence-corrected chi connectivity index (χ0v) is 14.2. The number of carbonyl (C=O) groups is 1. The first kappa shape index (κ1) is 21.5. The van der Waals surface area contributed by atoms with Crippen molar-refractivity contribution in [2.45, 2.75) is 83.3 Å². The number of aliphatic hydroxyl groups excluding tert-OH is 1. The lowest BCUT2D eigenvalue weighted by atomic mass is 10.0. The van der Waals surface area contributed by atoms with Crippen molar-refractivity contribution in [2.24, 2.45) is 0 Å². The summed E-state index contributed by atoms with van der Waals surface area (Å²) >= 11 is 0. The van der Waals surface area contributed by atoms with E-state index in [0.717, 1.165) is 19.1 Å². The van der Waals surface area contributed by atoms with Crippen molar-refractivity contribution in [3.8, 4) is 0 Å². The van der Waals surface area contributed by atoms with Crippen molar-refractivity contribution < 1.29 is 14.8 Å². The second-order valence-electron chi connectivity index (χ2n) is 5.78. The van der Waals surface area contributed by atoms with Crippen molar-refractivity contribution in [3.05, 3.63) is 34.4 Å². The van der Waals surface area contributed by atoms with Crippen molar-refractivity contribution in [3.63, 3.8) is 0 Å². The Hall–Kier alpha value is -1.49. The van der Waals surface area contributed by atoms with Gasteiger partial charge in [0.25, 0.3) is 0 Å². The van der Waals surface area contributed by atoms with Crippen molar-refractivity contribution in [2.75, 3.05) is 0 Å². The molecular weight excluding hydrogens is 294 g/mol. The highest BCUT2D eigenvalue weighted by molar-refractivity contribution is 5.48. The van der Waals surface area contributed by atoms with Gasteiger partial charge in [-0.3, -0.25) is 10.1 Å². The molecule has 5 nitrogen and oxygen atoms in total. The summed E-state index contributed by atoms with van der Waals surface area (Å²) in [7, 11) is 0. The predicted octanol–water partition coefficient (Wildman–Crippen LogP) is 4.22. The van der Waals surface area contributed by atoms with Gasteiger partial charge in [-0.2, -0.15) is 0 Å². The van der Waals surface area contributed by atoms with Crippen LogP contribution in [-0.4, -0.2) is 28.5 Å². The van der Waals surface area contributed by atoms with Gasteiger partial charge in [0.2, 0.25) is 6.04 Å². The molecule has 0 aliphatic heterocycles. The summed E-state index contributed by atoms with van der Waals surface area (Å²) in [5.74, 6) is 0. The summed E-state index contributed by atoms with van der Waals surface area (Å²) in [5, 5.41) is 21.0. The number of allylic oxidation sites excluding steroid dienone is 3. The Morgan fingerprint density at radius 1 is 1.04 bits per heavy atom. The molecule has 0 spiro atoms. The molecule has 0 aromatic heterocycles. The largest absolute Gasteiger partial charge is 0.386 e. The van der Waals surface area contributed by atoms with Gasteiger partial charge in [0.1, 0.15) is 12.4 Å². The topological polar surface area (TPSA) is 80.4 Å². The van der Waals surface area contributed by atoms with Crippen LogP contribution in [0.5, 0.6) is 0 Å². The highest BCUT2D eigenvalue weighted by Crippen LogP contribution is 2.12. The first-order chi connectivity index (χ1) is 11.1. The molecule has 0 aliphatic carbocycles. The summed E-state index contributed by atoms with van der Waals surface area (Å²) in [5.41, 5.74) is 0. The second-order valence-corrected chi connectivity index (χ2v) is 5.78. The summed E-state index contributed by atoms with van der Waals surface area (Å²) in [6.07, 6.45) is 15.7. The fraction of sp³-hybridized carbons (Fsp3) is 0.722. The fourth-order valence-corrected chi connectivity index (χ4v) is 2.29. The van der Waals surface area contributed by atoms with Crippen molar-refractivity contribution >= 4 is 6.29 Å². The summed E-state index contributed by atoms with van der Waals surface area (Å²) < 4.78 is 0. The van der Waals surface area contributed by atoms with E-state index in [9.17, 15) is 20.0 Å². The van der Waals surface area contributed by atoms with E-state index in [1.807, 2.05) is 6.08 Å². The molecule has 5 heteroatoms. The van der Waals surface area contributed by atoms with E-state index in [-0.39, 0.29) is 6.42 Å². The Kier molecular flexibility index (Phi) is 14.4. The van der Waals surface area contributed by atoms with Gasteiger partial charge < -0.3 is 9.90 Å². The van der Waals surface area contributed by atoms with Crippen LogP contribution in [0.15, 0.2) is 24.3 Å². The first-order valence-electron chi connectivity index (χ1n) is 8.68. The van der Waals surface area contributed by atoms with Crippen LogP contribution in [0.1, 0.15) is 71.1 Å². The van der Waals surface area contributed by atoms with E-state index in [1.165, 1.54) is 19.3 Å². The molecule has 0 saturated heterocycles. The van der Waals surface area contributed by atoms with Gasteiger partial charge in [-0.05, 0) is 32.1 Å². The molecule has 0 aromatic carbocycles. The quantitative estimate of drug-likeness (QED) is 0.161. The minimum Gasteiger partial charge on any atom is -0.386 e. The Morgan fingerprint density at radius 2 is 1.74 bits per heavy atom. The Morgan fingerprint density at radius 3 is 2.39 bits per heavy atom. The van der Waals surface area contributed by atoms with E-state index in [2.05, 4.69) is 19.1 Å². The van der Waals surface area contributed by atoms with E-state index in [4.69, 9.17) is 0 Å². The number of nitrogens with zero attached hydrogens (tertiary/aromatic N) is 1. The molecule has 1 N–H and O–H groups in total. The molecule has 132 valence electrons. The van der Waals surface area contributed by atoms with Crippen LogP contribution in [0, 0.1) is 10.1 Å². The van der Waals surface area contributed by atoms with Crippen molar-refractivity contribution in [1.82, 2.24) is 0 Å². The number of unbranched alkanes of at least 4 members (excludes halogenated alkanes) is 5. The summed E-state index contributed by atoms with van der Waals surface area (Å²) in [4.78, 5) is 20.8. The lowest BCUT2D eigenvalue weighted by Crippen LogP contribution is -2.33. The first-order valence-corrected chi connectivity index (χ1v) is 8.68. The zero-order chi connectivity index (χ0) is 17.3. The maximum Gasteiger partial charge on any atom is 0.241 e. The van der Waals surface area contributed by atoms with Crippen molar-refractivity contribution in [1.29, 1.82) is 0 Å². The zero-order valence-electron chi connectivity index (χ0n) is 14.2. The molecule has 2 unspecified atom stereocenters. The van der Waals surface area contributed by atoms with Gasteiger partial charge in [-0.1, -0.05) is 50.5 Å². The molecule has 0 saturated carbocycles. The van der Waals surface area contributed by atoms with Crippen LogP contribution in [0.2, 0.25) is 0 Å². The number of rotatable bonds is 15. The monoisotopic (exact) mass is 325 g/mol. The van der Waals surface area contributed by atoms with Crippen LogP contribution in [0.25, 0.3) is 0 Å². The normalized spacial score (nSPS) is 14.3. The highest BCUT2D eigenvalue weighted by Gasteiger charge is 2.27. The predicted molar refractivity (Wildman–Crippen MR) is 93.0 cm³/mol. The Labute approximate surface area is 139 Å². The average Bonchev–Trinajstić information content (AvgIpc) is 2.53. The van der Waals surface area contributed by atoms with Crippen LogP contribution in [0.3, 0.4) is 0 Å². The maximum atomic E-state index is 11.0. The van der Waals surface area contributed by atoms with Crippen LogP contribution < -0.4 is 0 Å². The number of aliphatic hydroxyl groups is 1. The number of aldehydes is 1. The number of nitro groups is 1. The lowest BCUT2D eigenvalue weighted by molar-refractivity contribution is -0.533. The molecule has 0 fully saturated rings. The van der Waals surface area contributed by atoms with E-state index < -0.39 is 17.1 Å². The smallest absolute Gasteiger partial charge is 0.241 e. The third kappa shape index (κ3) is 12.7. The van der Waals surface area contributed by atoms with Crippen LogP contribution in [0.4, 0.5) is 0 Å². The molecule has 23 heavy (non-hydrogen) atoms. The molecule has 0 radical (unpaired) electrons. The van der Waals surface area contributed by atoms with Crippen LogP contribution >= 0.6 is 0 Å². The SMILES string of the molecule is CCCCC/C=C\C/C=C\CC(C(O)CCCCC=O)[N+](=O)[O-]. The summed E-state index contributed by atoms with van der Waals surface area (Å²) in [6.45, 7) is 2.18. The maximum absolute atomic E-state index is 11.0. The third-order valence-corrected chi connectivity index (χ3v) is 3.74. The van der Waals surface area contributed by atoms with Crippen LogP contribution in [-0.2, 0) is 4.79 Å². The average molecular weight is 325 g/mol. The molecule has 0 bridgehead atoms. The lowest BCUT2D eigenvalue weighted by Gasteiger charge is -2.14. The highest BCUT2D eigenvalue weighted by atomic mass is 16.6. The molecule has 0 aromatic rings. The minimum absolute atomic E-state index is 0.242. The van der Waals surface area contributed by atoms with Gasteiger partial charge in [0.05, 0.1) is 0 Å². The van der Waals surface area contributed by atoms with E-state index in [1.54, 1.807) is 6.08 Å². The molecule has 0 rings (SSSR count). The van der Waals surface area contributed by atoms with Gasteiger partial charge in [-0.25, -0.2) is 0 Å². The third-order valence-electron chi connectivity index (χ3n) is 3.74. The fourth-order valence-electron chi connectivity index (χ4n) is 2.29. The van der Waals surface area contributed by atoms with Gasteiger partial charge in [0.15, 0.2) is 0 Å². The number of hydrogen-bond donors (Lipinski definition) is 1. The number of carbonyl (C=O) groups excluding carboxylic acids is 1. The molecule has 0 amide bonds. The standard InChI is InChI=1S/C18H31NO4/c1-2-3-4-5-6-7-8-9-11-14-17(19(22)23)18(21)15-12-10-13-16-20/h6-7,9,11,16-18,21H,2-5,8,10,12-15H2,1H3/b7-6-,11-9-. The van der Waals surface area contributed by atoms with Gasteiger partial charge >= 0.3 is 0 Å². The van der Waals surface area contributed by atoms with Gasteiger partial charge in [-0.15, -0.1) is 0 Å².